The first-order valence-corrected chi connectivity index (χ1v) is 9.84. The van der Waals surface area contributed by atoms with Gasteiger partial charge in [-0.25, -0.2) is 0 Å². The van der Waals surface area contributed by atoms with Gasteiger partial charge >= 0.3 is 0 Å². The fraction of sp³-hybridized carbons (Fsp3) is 0.571. The summed E-state index contributed by atoms with van der Waals surface area (Å²) in [6.45, 7) is 4.22. The van der Waals surface area contributed by atoms with Crippen molar-refractivity contribution in [2.24, 2.45) is 5.92 Å². The Morgan fingerprint density at radius 3 is 2.70 bits per heavy atom. The van der Waals surface area contributed by atoms with E-state index in [0.717, 1.165) is 41.4 Å². The fourth-order valence-corrected chi connectivity index (χ4v) is 4.24. The van der Waals surface area contributed by atoms with Gasteiger partial charge in [-0.3, -0.25) is 4.79 Å². The maximum atomic E-state index is 12.9. The van der Waals surface area contributed by atoms with Crippen LogP contribution in [0.2, 0.25) is 0 Å². The van der Waals surface area contributed by atoms with Gasteiger partial charge in [0.1, 0.15) is 6.04 Å². The summed E-state index contributed by atoms with van der Waals surface area (Å²) in [6.07, 6.45) is 5.21. The van der Waals surface area contributed by atoms with Gasteiger partial charge in [-0.1, -0.05) is 19.9 Å². The second kappa shape index (κ2) is 8.31. The van der Waals surface area contributed by atoms with E-state index in [4.69, 9.17) is 5.11 Å². The summed E-state index contributed by atoms with van der Waals surface area (Å²) >= 11 is 0. The minimum atomic E-state index is -0.302. The van der Waals surface area contributed by atoms with Crippen LogP contribution < -0.4 is 10.2 Å². The van der Waals surface area contributed by atoms with E-state index in [0.29, 0.717) is 6.42 Å². The molecule has 148 valence electrons. The van der Waals surface area contributed by atoms with Gasteiger partial charge in [-0.15, -0.1) is 0 Å². The van der Waals surface area contributed by atoms with Crippen LogP contribution in [0.3, 0.4) is 0 Å². The van der Waals surface area contributed by atoms with Gasteiger partial charge < -0.3 is 25.4 Å². The van der Waals surface area contributed by atoms with Crippen molar-refractivity contribution in [1.82, 2.24) is 10.3 Å². The minimum Gasteiger partial charge on any atom is -0.396 e. The van der Waals surface area contributed by atoms with E-state index in [1.807, 2.05) is 27.1 Å². The van der Waals surface area contributed by atoms with Crippen LogP contribution in [0.25, 0.3) is 10.9 Å². The predicted octanol–water partition coefficient (Wildman–Crippen LogP) is 1.98. The first-order valence-electron chi connectivity index (χ1n) is 9.84. The molecule has 27 heavy (non-hydrogen) atoms. The molecule has 0 fully saturated rings. The number of amides is 1. The molecule has 0 saturated heterocycles. The number of hydrogen-bond acceptors (Lipinski definition) is 4. The molecule has 0 aliphatic carbocycles. The number of carbonyl (C=O) groups excluding carboxylic acids is 1. The van der Waals surface area contributed by atoms with Crippen molar-refractivity contribution in [3.8, 4) is 0 Å². The number of hydrogen-bond donors (Lipinski definition) is 4. The average molecular weight is 373 g/mol. The topological polar surface area (TPSA) is 88.6 Å². The highest BCUT2D eigenvalue weighted by Gasteiger charge is 2.32. The summed E-state index contributed by atoms with van der Waals surface area (Å²) in [5, 5.41) is 23.0. The standard InChI is InChI=1S/C21H31N3O3/c1-13(2)20-21(27)23-16(12-26)10-15-11-22-19-14(6-4-5-9-25)7-8-17(18(15)19)24(20)3/h7-8,11,13,16,20,22,25-26H,4-6,9-10,12H2,1-3H3,(H,23,27)/t16-,20+/m1/s1. The number of rotatable bonds is 6. The predicted molar refractivity (Wildman–Crippen MR) is 108 cm³/mol. The Bertz CT molecular complexity index is 799. The molecule has 6 heteroatoms. The van der Waals surface area contributed by atoms with Crippen LogP contribution in [-0.2, 0) is 17.6 Å². The molecule has 2 heterocycles. The van der Waals surface area contributed by atoms with Crippen molar-refractivity contribution in [1.29, 1.82) is 0 Å². The minimum absolute atomic E-state index is 0.0409. The molecule has 2 aromatic rings. The second-order valence-electron chi connectivity index (χ2n) is 7.88. The average Bonchev–Trinajstić information content (AvgIpc) is 3.05. The molecule has 1 aromatic carbocycles. The van der Waals surface area contributed by atoms with Crippen molar-refractivity contribution in [3.05, 3.63) is 29.5 Å². The SMILES string of the molecule is CC(C)[C@H]1C(=O)N[C@@H](CO)Cc2c[nH]c3c(CCCCO)ccc(c23)N1C. The summed E-state index contributed by atoms with van der Waals surface area (Å²) in [6, 6.07) is 3.64. The molecule has 0 saturated carbocycles. The molecule has 1 amide bonds. The van der Waals surface area contributed by atoms with Gasteiger partial charge in [-0.2, -0.15) is 0 Å². The van der Waals surface area contributed by atoms with Crippen molar-refractivity contribution >= 4 is 22.5 Å². The highest BCUT2D eigenvalue weighted by molar-refractivity contribution is 5.99. The van der Waals surface area contributed by atoms with Crippen LogP contribution >= 0.6 is 0 Å². The van der Waals surface area contributed by atoms with Crippen LogP contribution in [0.4, 0.5) is 5.69 Å². The van der Waals surface area contributed by atoms with E-state index < -0.39 is 0 Å². The van der Waals surface area contributed by atoms with Crippen molar-refractivity contribution in [3.63, 3.8) is 0 Å². The lowest BCUT2D eigenvalue weighted by molar-refractivity contribution is -0.124. The van der Waals surface area contributed by atoms with Crippen LogP contribution in [0.1, 0.15) is 37.8 Å². The van der Waals surface area contributed by atoms with Crippen molar-refractivity contribution in [2.75, 3.05) is 25.2 Å². The summed E-state index contributed by atoms with van der Waals surface area (Å²) in [4.78, 5) is 18.4. The monoisotopic (exact) mass is 373 g/mol. The summed E-state index contributed by atoms with van der Waals surface area (Å²) in [7, 11) is 1.97. The lowest BCUT2D eigenvalue weighted by atomic mass is 9.98. The van der Waals surface area contributed by atoms with Crippen molar-refractivity contribution in [2.45, 2.75) is 51.6 Å². The zero-order valence-electron chi connectivity index (χ0n) is 16.5. The van der Waals surface area contributed by atoms with E-state index in [1.165, 1.54) is 5.56 Å². The number of aliphatic hydroxyl groups is 2. The Morgan fingerprint density at radius 2 is 2.04 bits per heavy atom. The van der Waals surface area contributed by atoms with Gasteiger partial charge in [0.15, 0.2) is 0 Å². The highest BCUT2D eigenvalue weighted by Crippen LogP contribution is 2.35. The Morgan fingerprint density at radius 1 is 1.26 bits per heavy atom. The van der Waals surface area contributed by atoms with Crippen LogP contribution in [-0.4, -0.2) is 53.4 Å². The van der Waals surface area contributed by atoms with Crippen molar-refractivity contribution < 1.29 is 15.0 Å². The molecule has 0 unspecified atom stereocenters. The number of aliphatic hydroxyl groups excluding tert-OH is 2. The number of carbonyl (C=O) groups is 1. The zero-order chi connectivity index (χ0) is 19.6. The zero-order valence-corrected chi connectivity index (χ0v) is 16.5. The number of anilines is 1. The lowest BCUT2D eigenvalue weighted by Gasteiger charge is -2.32. The van der Waals surface area contributed by atoms with Crippen LogP contribution in [0.5, 0.6) is 0 Å². The maximum Gasteiger partial charge on any atom is 0.243 e. The third-order valence-corrected chi connectivity index (χ3v) is 5.57. The number of nitrogens with zero attached hydrogens (tertiary/aromatic N) is 1. The largest absolute Gasteiger partial charge is 0.396 e. The molecule has 2 atom stereocenters. The first kappa shape index (κ1) is 19.7. The van der Waals surface area contributed by atoms with Crippen LogP contribution in [0.15, 0.2) is 18.3 Å². The molecule has 4 N–H and O–H groups in total. The normalized spacial score (nSPS) is 20.5. The number of H-pyrrole nitrogens is 1. The Hall–Kier alpha value is -2.05. The number of aromatic nitrogens is 1. The fourth-order valence-electron chi connectivity index (χ4n) is 4.24. The lowest BCUT2D eigenvalue weighted by Crippen LogP contribution is -2.52. The van der Waals surface area contributed by atoms with Gasteiger partial charge in [0.25, 0.3) is 0 Å². The van der Waals surface area contributed by atoms with Crippen LogP contribution in [0, 0.1) is 5.92 Å². The number of benzene rings is 1. The van der Waals surface area contributed by atoms with E-state index in [1.54, 1.807) is 0 Å². The third kappa shape index (κ3) is 3.82. The second-order valence-corrected chi connectivity index (χ2v) is 7.88. The molecule has 0 bridgehead atoms. The molecular weight excluding hydrogens is 342 g/mol. The summed E-state index contributed by atoms with van der Waals surface area (Å²) in [5.74, 6) is 0.0926. The van der Waals surface area contributed by atoms with E-state index >= 15 is 0 Å². The Labute approximate surface area is 160 Å². The molecule has 1 aliphatic rings. The van der Waals surface area contributed by atoms with E-state index in [-0.39, 0.29) is 37.1 Å². The van der Waals surface area contributed by atoms with Gasteiger partial charge in [0.2, 0.25) is 5.91 Å². The maximum absolute atomic E-state index is 12.9. The summed E-state index contributed by atoms with van der Waals surface area (Å²) < 4.78 is 0. The van der Waals surface area contributed by atoms with Gasteiger partial charge in [0.05, 0.1) is 18.2 Å². The quantitative estimate of drug-likeness (QED) is 0.583. The Kier molecular flexibility index (Phi) is 6.07. The molecular formula is C21H31N3O3. The molecule has 1 aliphatic heterocycles. The number of unbranched alkanes of at least 4 members (excludes halogenated alkanes) is 1. The molecule has 0 radical (unpaired) electrons. The first-order chi connectivity index (χ1) is 13.0. The number of nitrogens with one attached hydrogen (secondary N) is 2. The number of likely N-dealkylation sites (N-methyl/N-ethyl adjacent to an activating group) is 1. The summed E-state index contributed by atoms with van der Waals surface area (Å²) in [5.41, 5.74) is 4.47. The third-order valence-electron chi connectivity index (χ3n) is 5.57. The molecule has 1 aromatic heterocycles. The number of aryl methyl sites for hydroxylation is 1. The Balaban J connectivity index is 2.12. The van der Waals surface area contributed by atoms with E-state index in [2.05, 4.69) is 27.3 Å². The molecule has 0 spiro atoms. The smallest absolute Gasteiger partial charge is 0.243 e. The van der Waals surface area contributed by atoms with Gasteiger partial charge in [-0.05, 0) is 48.8 Å². The molecule has 6 nitrogen and oxygen atoms in total. The number of aromatic amines is 1. The van der Waals surface area contributed by atoms with Gasteiger partial charge in [0, 0.05) is 30.9 Å². The highest BCUT2D eigenvalue weighted by atomic mass is 16.3. The van der Waals surface area contributed by atoms with E-state index in [9.17, 15) is 9.90 Å². The molecule has 3 rings (SSSR count).